The molecule has 0 atom stereocenters. The van der Waals surface area contributed by atoms with Gasteiger partial charge >= 0.3 is 6.03 Å². The predicted octanol–water partition coefficient (Wildman–Crippen LogP) is 2.14. The van der Waals surface area contributed by atoms with Crippen LogP contribution in [0.3, 0.4) is 0 Å². The molecule has 0 aromatic carbocycles. The van der Waals surface area contributed by atoms with Gasteiger partial charge in [-0.1, -0.05) is 11.8 Å². The smallest absolute Gasteiger partial charge is 0.321 e. The third-order valence-electron chi connectivity index (χ3n) is 6.41. The highest BCUT2D eigenvalue weighted by Crippen LogP contribution is 2.55. The maximum atomic E-state index is 12.5. The number of nitrogens with zero attached hydrogens (tertiary/aromatic N) is 3. The van der Waals surface area contributed by atoms with Crippen LogP contribution in [0.25, 0.3) is 11.6 Å². The van der Waals surface area contributed by atoms with E-state index in [1.807, 2.05) is 0 Å². The molecule has 29 heavy (non-hydrogen) atoms. The third kappa shape index (κ3) is 3.61. The number of furan rings is 1. The van der Waals surface area contributed by atoms with Gasteiger partial charge in [0, 0.05) is 5.54 Å². The van der Waals surface area contributed by atoms with Crippen LogP contribution < -0.4 is 16.5 Å². The Hall–Kier alpha value is -2.49. The fourth-order valence-corrected chi connectivity index (χ4v) is 6.43. The second-order valence-corrected chi connectivity index (χ2v) is 9.58. The summed E-state index contributed by atoms with van der Waals surface area (Å²) in [6.07, 6.45) is 8.56. The molecule has 0 aliphatic heterocycles. The number of urea groups is 1. The first kappa shape index (κ1) is 18.5. The summed E-state index contributed by atoms with van der Waals surface area (Å²) < 4.78 is 6.53. The first-order valence-corrected chi connectivity index (χ1v) is 11.0. The fraction of sp³-hybridized carbons (Fsp3) is 0.579. The molecule has 0 unspecified atom stereocenters. The molecule has 0 saturated heterocycles. The van der Waals surface area contributed by atoms with E-state index in [4.69, 9.17) is 10.3 Å². The summed E-state index contributed by atoms with van der Waals surface area (Å²) in [5.41, 5.74) is -0.123. The van der Waals surface area contributed by atoms with Gasteiger partial charge in [-0.05, 0) is 68.4 Å². The molecular formula is C19H24N6O3S. The van der Waals surface area contributed by atoms with Crippen LogP contribution in [-0.2, 0) is 4.79 Å². The number of aromatic nitrogens is 3. The molecule has 154 valence electrons. The molecule has 2 heterocycles. The summed E-state index contributed by atoms with van der Waals surface area (Å²) >= 11 is 1.12. The highest BCUT2D eigenvalue weighted by Gasteiger charge is 2.51. The summed E-state index contributed by atoms with van der Waals surface area (Å²) in [5, 5.41) is 13.9. The minimum Gasteiger partial charge on any atom is -0.461 e. The molecule has 4 bridgehead atoms. The number of imide groups is 1. The number of carbonyl (C=O) groups excluding carboxylic acids is 2. The number of carbonyl (C=O) groups is 2. The fourth-order valence-electron chi connectivity index (χ4n) is 5.78. The zero-order chi connectivity index (χ0) is 20.0. The lowest BCUT2D eigenvalue weighted by Gasteiger charge is -2.56. The van der Waals surface area contributed by atoms with Crippen LogP contribution in [-0.4, -0.2) is 38.1 Å². The Kier molecular flexibility index (Phi) is 4.53. The van der Waals surface area contributed by atoms with Gasteiger partial charge < -0.3 is 15.6 Å². The van der Waals surface area contributed by atoms with Gasteiger partial charge in [-0.2, -0.15) is 0 Å². The van der Waals surface area contributed by atoms with Crippen molar-refractivity contribution in [3.8, 4) is 11.6 Å². The average Bonchev–Trinajstić information content (AvgIpc) is 3.27. The molecule has 3 amide bonds. The molecule has 4 fully saturated rings. The van der Waals surface area contributed by atoms with E-state index in [0.29, 0.717) is 16.7 Å². The molecule has 0 spiro atoms. The molecule has 6 rings (SSSR count). The normalized spacial score (nSPS) is 29.7. The van der Waals surface area contributed by atoms with Crippen molar-refractivity contribution in [2.75, 3.05) is 11.6 Å². The first-order chi connectivity index (χ1) is 14.0. The average molecular weight is 417 g/mol. The Morgan fingerprint density at radius 1 is 1.21 bits per heavy atom. The van der Waals surface area contributed by atoms with Crippen LogP contribution >= 0.6 is 11.8 Å². The molecule has 10 heteroatoms. The largest absolute Gasteiger partial charge is 0.461 e. The van der Waals surface area contributed by atoms with Gasteiger partial charge in [-0.25, -0.2) is 9.47 Å². The number of thioether (sulfide) groups is 1. The SMILES string of the molecule is Nn1c(SCC(=O)NC(=O)NC23CC4CC(CC(C4)C2)C3)nnc1-c1ccco1. The van der Waals surface area contributed by atoms with Crippen LogP contribution in [0.1, 0.15) is 38.5 Å². The Morgan fingerprint density at radius 3 is 2.52 bits per heavy atom. The maximum absolute atomic E-state index is 12.5. The highest BCUT2D eigenvalue weighted by atomic mass is 32.2. The first-order valence-electron chi connectivity index (χ1n) is 9.99. The molecule has 4 aliphatic rings. The van der Waals surface area contributed by atoms with Gasteiger partial charge in [0.2, 0.25) is 16.9 Å². The molecule has 2 aromatic heterocycles. The lowest BCUT2D eigenvalue weighted by atomic mass is 9.53. The van der Waals surface area contributed by atoms with Crippen molar-refractivity contribution in [3.63, 3.8) is 0 Å². The number of nitrogen functional groups attached to an aromatic ring is 1. The van der Waals surface area contributed by atoms with Gasteiger partial charge in [-0.15, -0.1) is 10.2 Å². The van der Waals surface area contributed by atoms with E-state index in [1.54, 1.807) is 12.1 Å². The van der Waals surface area contributed by atoms with Crippen LogP contribution in [0.15, 0.2) is 28.0 Å². The Labute approximate surface area is 172 Å². The summed E-state index contributed by atoms with van der Waals surface area (Å²) in [5.74, 6) is 8.65. The lowest BCUT2D eigenvalue weighted by Crippen LogP contribution is -2.61. The quantitative estimate of drug-likeness (QED) is 0.503. The molecule has 0 radical (unpaired) electrons. The van der Waals surface area contributed by atoms with E-state index < -0.39 is 6.03 Å². The molecule has 4 aliphatic carbocycles. The van der Waals surface area contributed by atoms with Crippen LogP contribution in [0.2, 0.25) is 0 Å². The predicted molar refractivity (Wildman–Crippen MR) is 106 cm³/mol. The van der Waals surface area contributed by atoms with Gasteiger partial charge in [0.1, 0.15) is 0 Å². The third-order valence-corrected chi connectivity index (χ3v) is 7.35. The molecule has 9 nitrogen and oxygen atoms in total. The van der Waals surface area contributed by atoms with Crippen LogP contribution in [0, 0.1) is 17.8 Å². The standard InChI is InChI=1S/C19H24N6O3S/c20-25-16(14-2-1-3-28-14)23-24-18(25)29-10-15(26)21-17(27)22-19-7-11-4-12(8-19)6-13(5-11)9-19/h1-3,11-13H,4-10,20H2,(H2,21,22,26,27). The van der Waals surface area contributed by atoms with Crippen LogP contribution in [0.4, 0.5) is 4.79 Å². The summed E-state index contributed by atoms with van der Waals surface area (Å²) in [6.45, 7) is 0. The second kappa shape index (κ2) is 7.08. The summed E-state index contributed by atoms with van der Waals surface area (Å²) in [6, 6.07) is 3.05. The van der Waals surface area contributed by atoms with Crippen molar-refractivity contribution in [3.05, 3.63) is 18.4 Å². The van der Waals surface area contributed by atoms with Crippen molar-refractivity contribution in [1.82, 2.24) is 25.5 Å². The molecule has 4 N–H and O–H groups in total. The summed E-state index contributed by atoms with van der Waals surface area (Å²) in [7, 11) is 0. The van der Waals surface area contributed by atoms with Crippen LogP contribution in [0.5, 0.6) is 0 Å². The summed E-state index contributed by atoms with van der Waals surface area (Å²) in [4.78, 5) is 24.7. The number of nitrogens with one attached hydrogen (secondary N) is 2. The monoisotopic (exact) mass is 416 g/mol. The Bertz CT molecular complexity index is 889. The van der Waals surface area contributed by atoms with Crippen molar-refractivity contribution >= 4 is 23.7 Å². The van der Waals surface area contributed by atoms with Gasteiger partial charge in [0.05, 0.1) is 12.0 Å². The van der Waals surface area contributed by atoms with E-state index in [1.165, 1.54) is 30.2 Å². The zero-order valence-electron chi connectivity index (χ0n) is 16.0. The van der Waals surface area contributed by atoms with E-state index in [2.05, 4.69) is 20.8 Å². The van der Waals surface area contributed by atoms with E-state index >= 15 is 0 Å². The number of hydrogen-bond donors (Lipinski definition) is 3. The number of amides is 3. The number of rotatable bonds is 5. The number of hydrogen-bond acceptors (Lipinski definition) is 7. The topological polar surface area (TPSA) is 128 Å². The van der Waals surface area contributed by atoms with E-state index in [9.17, 15) is 9.59 Å². The molecule has 2 aromatic rings. The second-order valence-electron chi connectivity index (χ2n) is 8.64. The van der Waals surface area contributed by atoms with Crippen molar-refractivity contribution in [2.24, 2.45) is 17.8 Å². The Balaban J connectivity index is 1.14. The van der Waals surface area contributed by atoms with E-state index in [-0.39, 0.29) is 17.2 Å². The van der Waals surface area contributed by atoms with Crippen molar-refractivity contribution in [2.45, 2.75) is 49.2 Å². The maximum Gasteiger partial charge on any atom is 0.321 e. The number of nitrogens with two attached hydrogens (primary N) is 1. The molecular weight excluding hydrogens is 392 g/mol. The van der Waals surface area contributed by atoms with Gasteiger partial charge in [0.15, 0.2) is 5.76 Å². The van der Waals surface area contributed by atoms with E-state index in [0.717, 1.165) is 48.8 Å². The minimum atomic E-state index is -0.400. The molecule has 4 saturated carbocycles. The van der Waals surface area contributed by atoms with Crippen molar-refractivity contribution in [1.29, 1.82) is 0 Å². The van der Waals surface area contributed by atoms with Crippen molar-refractivity contribution < 1.29 is 14.0 Å². The van der Waals surface area contributed by atoms with Gasteiger partial charge in [0.25, 0.3) is 0 Å². The Morgan fingerprint density at radius 2 is 1.90 bits per heavy atom. The zero-order valence-corrected chi connectivity index (χ0v) is 16.8. The van der Waals surface area contributed by atoms with Gasteiger partial charge in [-0.3, -0.25) is 10.1 Å². The highest BCUT2D eigenvalue weighted by molar-refractivity contribution is 7.99. The lowest BCUT2D eigenvalue weighted by molar-refractivity contribution is -0.117. The minimum absolute atomic E-state index is 0.0157.